The van der Waals surface area contributed by atoms with Crippen LogP contribution in [0.2, 0.25) is 0 Å². The molecule has 0 saturated carbocycles. The normalized spacial score (nSPS) is 20.2. The van der Waals surface area contributed by atoms with E-state index in [1.165, 1.54) is 0 Å². The molecule has 1 aromatic heterocycles. The average Bonchev–Trinajstić information content (AvgIpc) is 2.61. The Morgan fingerprint density at radius 3 is 2.71 bits per heavy atom. The number of amides is 1. The first-order valence-corrected chi connectivity index (χ1v) is 7.24. The van der Waals surface area contributed by atoms with E-state index in [1.54, 1.807) is 11.8 Å². The van der Waals surface area contributed by atoms with Crippen LogP contribution >= 0.6 is 0 Å². The molecule has 1 aromatic rings. The number of hydrogen-bond acceptors (Lipinski definition) is 5. The summed E-state index contributed by atoms with van der Waals surface area (Å²) >= 11 is 0. The highest BCUT2D eigenvalue weighted by molar-refractivity contribution is 5.73. The summed E-state index contributed by atoms with van der Waals surface area (Å²) in [4.78, 5) is 21.7. The number of pyridine rings is 1. The van der Waals surface area contributed by atoms with Crippen molar-refractivity contribution in [1.82, 2.24) is 14.8 Å². The summed E-state index contributed by atoms with van der Waals surface area (Å²) in [5, 5.41) is 10.0. The predicted molar refractivity (Wildman–Crippen MR) is 82.1 cm³/mol. The second-order valence-electron chi connectivity index (χ2n) is 5.77. The van der Waals surface area contributed by atoms with E-state index in [9.17, 15) is 9.90 Å². The van der Waals surface area contributed by atoms with Crippen LogP contribution in [0.4, 0.5) is 5.82 Å². The maximum absolute atomic E-state index is 11.4. The Hall–Kier alpha value is -1.66. The summed E-state index contributed by atoms with van der Waals surface area (Å²) in [6.45, 7) is 4.72. The number of carbonyl (C=O) groups excluding carboxylic acids is 1. The lowest BCUT2D eigenvalue weighted by atomic mass is 10.2. The third kappa shape index (κ3) is 4.41. The molecule has 1 atom stereocenters. The van der Waals surface area contributed by atoms with Gasteiger partial charge in [0.15, 0.2) is 0 Å². The zero-order valence-electron chi connectivity index (χ0n) is 13.0. The number of aliphatic hydroxyl groups excluding tert-OH is 1. The summed E-state index contributed by atoms with van der Waals surface area (Å²) in [6.07, 6.45) is 1.38. The number of β-amino-alcohol motifs (C(OH)–C–C–N with tert-alkyl or cyclic N) is 1. The topological polar surface area (TPSA) is 59.9 Å². The van der Waals surface area contributed by atoms with Crippen molar-refractivity contribution < 1.29 is 9.90 Å². The predicted octanol–water partition coefficient (Wildman–Crippen LogP) is 0.173. The zero-order valence-corrected chi connectivity index (χ0v) is 13.0. The highest BCUT2D eigenvalue weighted by atomic mass is 16.3. The monoisotopic (exact) mass is 292 g/mol. The molecule has 0 aromatic carbocycles. The molecule has 2 rings (SSSR count). The SMILES string of the molecule is CC(=O)N1CCN(Cc2ccc(N(C)C)nc2)CC(O)C1. The minimum atomic E-state index is -0.495. The quantitative estimate of drug-likeness (QED) is 0.861. The highest BCUT2D eigenvalue weighted by Crippen LogP contribution is 2.12. The van der Waals surface area contributed by atoms with Crippen molar-refractivity contribution in [3.05, 3.63) is 23.9 Å². The molecule has 1 N–H and O–H groups in total. The molecule has 6 heteroatoms. The highest BCUT2D eigenvalue weighted by Gasteiger charge is 2.22. The minimum Gasteiger partial charge on any atom is -0.390 e. The fourth-order valence-corrected chi connectivity index (χ4v) is 2.52. The third-order valence-corrected chi connectivity index (χ3v) is 3.71. The Morgan fingerprint density at radius 1 is 1.38 bits per heavy atom. The second-order valence-corrected chi connectivity index (χ2v) is 5.77. The van der Waals surface area contributed by atoms with Crippen molar-refractivity contribution in [2.24, 2.45) is 0 Å². The van der Waals surface area contributed by atoms with E-state index >= 15 is 0 Å². The van der Waals surface area contributed by atoms with Crippen LogP contribution < -0.4 is 4.90 Å². The Morgan fingerprint density at radius 2 is 2.14 bits per heavy atom. The molecule has 0 aliphatic carbocycles. The average molecular weight is 292 g/mol. The number of aromatic nitrogens is 1. The zero-order chi connectivity index (χ0) is 15.4. The molecule has 1 amide bonds. The second kappa shape index (κ2) is 6.87. The van der Waals surface area contributed by atoms with Gasteiger partial charge in [-0.1, -0.05) is 6.07 Å². The number of rotatable bonds is 3. The molecule has 1 fully saturated rings. The summed E-state index contributed by atoms with van der Waals surface area (Å²) in [5.74, 6) is 0.949. The summed E-state index contributed by atoms with van der Waals surface area (Å²) in [6, 6.07) is 4.05. The van der Waals surface area contributed by atoms with Crippen LogP contribution in [0.15, 0.2) is 18.3 Å². The molecule has 21 heavy (non-hydrogen) atoms. The van der Waals surface area contributed by atoms with E-state index in [1.807, 2.05) is 31.3 Å². The van der Waals surface area contributed by atoms with Gasteiger partial charge in [0.05, 0.1) is 6.10 Å². The number of anilines is 1. The van der Waals surface area contributed by atoms with Gasteiger partial charge in [0.1, 0.15) is 5.82 Å². The fraction of sp³-hybridized carbons (Fsp3) is 0.600. The first-order valence-electron chi connectivity index (χ1n) is 7.24. The molecule has 116 valence electrons. The molecule has 1 aliphatic heterocycles. The van der Waals surface area contributed by atoms with Crippen molar-refractivity contribution in [3.63, 3.8) is 0 Å². The lowest BCUT2D eigenvalue weighted by Gasteiger charge is -2.21. The van der Waals surface area contributed by atoms with Gasteiger partial charge in [0.25, 0.3) is 0 Å². The molecule has 1 aliphatic rings. The molecule has 1 unspecified atom stereocenters. The number of nitrogens with zero attached hydrogens (tertiary/aromatic N) is 4. The van der Waals surface area contributed by atoms with E-state index in [4.69, 9.17) is 0 Å². The maximum atomic E-state index is 11.4. The first kappa shape index (κ1) is 15.7. The van der Waals surface area contributed by atoms with E-state index in [0.717, 1.165) is 24.5 Å². The lowest BCUT2D eigenvalue weighted by Crippen LogP contribution is -2.36. The smallest absolute Gasteiger partial charge is 0.219 e. The Balaban J connectivity index is 1.97. The van der Waals surface area contributed by atoms with Gasteiger partial charge in [-0.15, -0.1) is 0 Å². The molecule has 0 spiro atoms. The number of aliphatic hydroxyl groups is 1. The van der Waals surface area contributed by atoms with E-state index in [0.29, 0.717) is 19.6 Å². The van der Waals surface area contributed by atoms with Crippen LogP contribution in [-0.2, 0) is 11.3 Å². The van der Waals surface area contributed by atoms with Crippen molar-refractivity contribution in [2.75, 3.05) is 45.2 Å². The van der Waals surface area contributed by atoms with Crippen LogP contribution in [0.5, 0.6) is 0 Å². The number of carbonyl (C=O) groups is 1. The Kier molecular flexibility index (Phi) is 5.14. The van der Waals surface area contributed by atoms with Gasteiger partial charge in [-0.3, -0.25) is 9.69 Å². The van der Waals surface area contributed by atoms with Gasteiger partial charge in [-0.2, -0.15) is 0 Å². The Labute approximate surface area is 126 Å². The number of hydrogen-bond donors (Lipinski definition) is 1. The molecule has 6 nitrogen and oxygen atoms in total. The third-order valence-electron chi connectivity index (χ3n) is 3.71. The van der Waals surface area contributed by atoms with Gasteiger partial charge in [-0.05, 0) is 11.6 Å². The van der Waals surface area contributed by atoms with Crippen molar-refractivity contribution in [2.45, 2.75) is 19.6 Å². The van der Waals surface area contributed by atoms with Gasteiger partial charge < -0.3 is 14.9 Å². The Bertz CT molecular complexity index is 475. The van der Waals surface area contributed by atoms with Crippen molar-refractivity contribution in [1.29, 1.82) is 0 Å². The van der Waals surface area contributed by atoms with Crippen LogP contribution in [0.25, 0.3) is 0 Å². The minimum absolute atomic E-state index is 0.0212. The van der Waals surface area contributed by atoms with Gasteiger partial charge in [0.2, 0.25) is 5.91 Å². The van der Waals surface area contributed by atoms with Crippen molar-refractivity contribution >= 4 is 11.7 Å². The molecule has 2 heterocycles. The van der Waals surface area contributed by atoms with Gasteiger partial charge >= 0.3 is 0 Å². The molecule has 0 bridgehead atoms. The fourth-order valence-electron chi connectivity index (χ4n) is 2.52. The van der Waals surface area contributed by atoms with Crippen LogP contribution in [0, 0.1) is 0 Å². The van der Waals surface area contributed by atoms with E-state index < -0.39 is 6.10 Å². The first-order chi connectivity index (χ1) is 9.95. The largest absolute Gasteiger partial charge is 0.390 e. The molecule has 1 saturated heterocycles. The summed E-state index contributed by atoms with van der Waals surface area (Å²) in [5.41, 5.74) is 1.11. The van der Waals surface area contributed by atoms with Gasteiger partial charge in [-0.25, -0.2) is 4.98 Å². The van der Waals surface area contributed by atoms with Crippen molar-refractivity contribution in [3.8, 4) is 0 Å². The summed E-state index contributed by atoms with van der Waals surface area (Å²) in [7, 11) is 3.92. The molecular formula is C15H24N4O2. The van der Waals surface area contributed by atoms with E-state index in [2.05, 4.69) is 16.0 Å². The molecular weight excluding hydrogens is 268 g/mol. The molecule has 0 radical (unpaired) electrons. The lowest BCUT2D eigenvalue weighted by molar-refractivity contribution is -0.129. The van der Waals surface area contributed by atoms with E-state index in [-0.39, 0.29) is 5.91 Å². The van der Waals surface area contributed by atoms with Crippen LogP contribution in [0.1, 0.15) is 12.5 Å². The van der Waals surface area contributed by atoms with Gasteiger partial charge in [0, 0.05) is 59.9 Å². The van der Waals surface area contributed by atoms with Crippen LogP contribution in [0.3, 0.4) is 0 Å². The summed E-state index contributed by atoms with van der Waals surface area (Å²) < 4.78 is 0. The van der Waals surface area contributed by atoms with Crippen LogP contribution in [-0.4, -0.2) is 72.2 Å². The maximum Gasteiger partial charge on any atom is 0.219 e. The standard InChI is InChI=1S/C15H24N4O2/c1-12(20)19-7-6-18(10-14(21)11-19)9-13-4-5-15(16-8-13)17(2)3/h4-5,8,14,21H,6-7,9-11H2,1-3H3.